The van der Waals surface area contributed by atoms with Gasteiger partial charge in [-0.3, -0.25) is 9.78 Å². The number of ether oxygens (including phenoxy) is 1. The fourth-order valence-electron chi connectivity index (χ4n) is 2.75. The van der Waals surface area contributed by atoms with E-state index in [0.717, 1.165) is 18.6 Å². The molecule has 0 aliphatic carbocycles. The highest BCUT2D eigenvalue weighted by atomic mass is 19.1. The molecule has 2 heterocycles. The Morgan fingerprint density at radius 1 is 1.30 bits per heavy atom. The number of rotatable bonds is 3. The lowest BCUT2D eigenvalue weighted by molar-refractivity contribution is 0.0595. The van der Waals surface area contributed by atoms with Crippen LogP contribution >= 0.6 is 0 Å². The Balaban J connectivity index is 1.58. The first-order chi connectivity index (χ1) is 11.1. The van der Waals surface area contributed by atoms with E-state index in [1.807, 2.05) is 12.1 Å². The van der Waals surface area contributed by atoms with E-state index >= 15 is 0 Å². The summed E-state index contributed by atoms with van der Waals surface area (Å²) in [4.78, 5) is 18.3. The van der Waals surface area contributed by atoms with Crippen molar-refractivity contribution in [1.82, 2.24) is 9.88 Å². The number of aromatic nitrogens is 1. The number of aryl methyl sites for hydroxylation is 1. The third-order valence-electron chi connectivity index (χ3n) is 4.07. The summed E-state index contributed by atoms with van der Waals surface area (Å²) in [7, 11) is 0. The van der Waals surface area contributed by atoms with Crippen molar-refractivity contribution in [3.8, 4) is 5.75 Å². The standard InChI is InChI=1S/C18H19FN2O2/c1-13-11-14(4-5-17(13)19)18(22)21-9-6-15(7-10-21)23-16-3-2-8-20-12-16/h2-5,8,11-12,15H,6-7,9-10H2,1H3. The predicted molar refractivity (Wildman–Crippen MR) is 84.9 cm³/mol. The third-order valence-corrected chi connectivity index (χ3v) is 4.07. The molecule has 4 nitrogen and oxygen atoms in total. The number of carbonyl (C=O) groups is 1. The highest BCUT2D eigenvalue weighted by molar-refractivity contribution is 5.94. The second-order valence-electron chi connectivity index (χ2n) is 5.76. The second kappa shape index (κ2) is 6.77. The van der Waals surface area contributed by atoms with E-state index in [9.17, 15) is 9.18 Å². The molecule has 23 heavy (non-hydrogen) atoms. The number of hydrogen-bond acceptors (Lipinski definition) is 3. The van der Waals surface area contributed by atoms with E-state index in [2.05, 4.69) is 4.98 Å². The van der Waals surface area contributed by atoms with E-state index < -0.39 is 0 Å². The van der Waals surface area contributed by atoms with Gasteiger partial charge in [-0.05, 0) is 42.8 Å². The van der Waals surface area contributed by atoms with Gasteiger partial charge in [0.15, 0.2) is 0 Å². The molecule has 0 radical (unpaired) electrons. The van der Waals surface area contributed by atoms with E-state index in [1.165, 1.54) is 6.07 Å². The average Bonchev–Trinajstić information content (AvgIpc) is 2.58. The molecule has 120 valence electrons. The Morgan fingerprint density at radius 2 is 2.09 bits per heavy atom. The van der Waals surface area contributed by atoms with Crippen molar-refractivity contribution in [2.24, 2.45) is 0 Å². The van der Waals surface area contributed by atoms with Crippen molar-refractivity contribution in [3.63, 3.8) is 0 Å². The number of hydrogen-bond donors (Lipinski definition) is 0. The van der Waals surface area contributed by atoms with E-state index in [1.54, 1.807) is 36.4 Å². The molecule has 1 aliphatic heterocycles. The van der Waals surface area contributed by atoms with E-state index in [4.69, 9.17) is 4.74 Å². The van der Waals surface area contributed by atoms with Gasteiger partial charge in [0.2, 0.25) is 0 Å². The minimum absolute atomic E-state index is 0.0482. The first-order valence-corrected chi connectivity index (χ1v) is 7.75. The normalized spacial score (nSPS) is 15.5. The van der Waals surface area contributed by atoms with Crippen LogP contribution in [0.5, 0.6) is 5.75 Å². The molecule has 1 aromatic carbocycles. The summed E-state index contributed by atoms with van der Waals surface area (Å²) in [5, 5.41) is 0. The van der Waals surface area contributed by atoms with Crippen LogP contribution in [0.15, 0.2) is 42.7 Å². The van der Waals surface area contributed by atoms with Gasteiger partial charge in [-0.25, -0.2) is 4.39 Å². The Bertz CT molecular complexity index is 683. The zero-order chi connectivity index (χ0) is 16.2. The van der Waals surface area contributed by atoms with Gasteiger partial charge >= 0.3 is 0 Å². The van der Waals surface area contributed by atoms with Crippen LogP contribution in [0, 0.1) is 12.7 Å². The van der Waals surface area contributed by atoms with Crippen molar-refractivity contribution in [3.05, 3.63) is 59.7 Å². The zero-order valence-electron chi connectivity index (χ0n) is 13.0. The molecule has 0 atom stereocenters. The van der Waals surface area contributed by atoms with Crippen molar-refractivity contribution < 1.29 is 13.9 Å². The number of benzene rings is 1. The minimum atomic E-state index is -0.287. The summed E-state index contributed by atoms with van der Waals surface area (Å²) in [5.74, 6) is 0.421. The molecule has 0 spiro atoms. The number of nitrogens with zero attached hydrogens (tertiary/aromatic N) is 2. The molecule has 1 saturated heterocycles. The maximum atomic E-state index is 13.3. The molecule has 5 heteroatoms. The van der Waals surface area contributed by atoms with Crippen molar-refractivity contribution >= 4 is 5.91 Å². The van der Waals surface area contributed by atoms with Crippen molar-refractivity contribution in [2.45, 2.75) is 25.9 Å². The number of amides is 1. The maximum absolute atomic E-state index is 13.3. The van der Waals surface area contributed by atoms with Gasteiger partial charge in [0.25, 0.3) is 5.91 Å². The van der Waals surface area contributed by atoms with Gasteiger partial charge < -0.3 is 9.64 Å². The molecular formula is C18H19FN2O2. The maximum Gasteiger partial charge on any atom is 0.253 e. The summed E-state index contributed by atoms with van der Waals surface area (Å²) in [6, 6.07) is 8.22. The van der Waals surface area contributed by atoms with Crippen LogP contribution in [-0.4, -0.2) is 35.0 Å². The third kappa shape index (κ3) is 3.67. The Morgan fingerprint density at radius 3 is 2.74 bits per heavy atom. The number of piperidine rings is 1. The molecule has 1 fully saturated rings. The fraction of sp³-hybridized carbons (Fsp3) is 0.333. The lowest BCUT2D eigenvalue weighted by Gasteiger charge is -2.32. The van der Waals surface area contributed by atoms with Crippen LogP contribution < -0.4 is 4.74 Å². The number of carbonyl (C=O) groups excluding carboxylic acids is 1. The number of pyridine rings is 1. The SMILES string of the molecule is Cc1cc(C(=O)N2CCC(Oc3cccnc3)CC2)ccc1F. The summed E-state index contributed by atoms with van der Waals surface area (Å²) in [6.07, 6.45) is 5.05. The summed E-state index contributed by atoms with van der Waals surface area (Å²) in [6.45, 7) is 2.94. The summed E-state index contributed by atoms with van der Waals surface area (Å²) >= 11 is 0. The summed E-state index contributed by atoms with van der Waals surface area (Å²) < 4.78 is 19.2. The number of halogens is 1. The lowest BCUT2D eigenvalue weighted by atomic mass is 10.1. The van der Waals surface area contributed by atoms with Gasteiger partial charge in [-0.1, -0.05) is 0 Å². The largest absolute Gasteiger partial charge is 0.489 e. The molecule has 3 rings (SSSR count). The van der Waals surface area contributed by atoms with E-state index in [0.29, 0.717) is 24.2 Å². The molecule has 1 aliphatic rings. The molecule has 1 aromatic heterocycles. The molecule has 1 amide bonds. The average molecular weight is 314 g/mol. The van der Waals surface area contributed by atoms with Crippen LogP contribution in [-0.2, 0) is 0 Å². The molecule has 0 saturated carbocycles. The zero-order valence-corrected chi connectivity index (χ0v) is 13.0. The second-order valence-corrected chi connectivity index (χ2v) is 5.76. The first-order valence-electron chi connectivity index (χ1n) is 7.75. The number of likely N-dealkylation sites (tertiary alicyclic amines) is 1. The van der Waals surface area contributed by atoms with Gasteiger partial charge in [0.05, 0.1) is 6.20 Å². The highest BCUT2D eigenvalue weighted by Gasteiger charge is 2.25. The van der Waals surface area contributed by atoms with Crippen LogP contribution in [0.2, 0.25) is 0 Å². The van der Waals surface area contributed by atoms with E-state index in [-0.39, 0.29) is 17.8 Å². The monoisotopic (exact) mass is 314 g/mol. The topological polar surface area (TPSA) is 42.4 Å². The van der Waals surface area contributed by atoms with Crippen molar-refractivity contribution in [1.29, 1.82) is 0 Å². The molecular weight excluding hydrogens is 295 g/mol. The smallest absolute Gasteiger partial charge is 0.253 e. The van der Waals surface area contributed by atoms with Gasteiger partial charge in [-0.15, -0.1) is 0 Å². The summed E-state index contributed by atoms with van der Waals surface area (Å²) in [5.41, 5.74) is 1.03. The van der Waals surface area contributed by atoms with Crippen LogP contribution in [0.25, 0.3) is 0 Å². The van der Waals surface area contributed by atoms with Gasteiger partial charge in [0.1, 0.15) is 17.7 Å². The van der Waals surface area contributed by atoms with Crippen LogP contribution in [0.4, 0.5) is 4.39 Å². The predicted octanol–water partition coefficient (Wildman–Crippen LogP) is 3.21. The highest BCUT2D eigenvalue weighted by Crippen LogP contribution is 2.20. The molecule has 0 bridgehead atoms. The van der Waals surface area contributed by atoms with Crippen molar-refractivity contribution in [2.75, 3.05) is 13.1 Å². The Labute approximate surface area is 134 Å². The first kappa shape index (κ1) is 15.5. The van der Waals surface area contributed by atoms with Crippen LogP contribution in [0.1, 0.15) is 28.8 Å². The van der Waals surface area contributed by atoms with Gasteiger partial charge in [0, 0.05) is 37.7 Å². The Hall–Kier alpha value is -2.43. The lowest BCUT2D eigenvalue weighted by Crippen LogP contribution is -2.41. The Kier molecular flexibility index (Phi) is 4.55. The van der Waals surface area contributed by atoms with Gasteiger partial charge in [-0.2, -0.15) is 0 Å². The molecule has 0 N–H and O–H groups in total. The quantitative estimate of drug-likeness (QED) is 0.873. The minimum Gasteiger partial charge on any atom is -0.489 e. The fourth-order valence-corrected chi connectivity index (χ4v) is 2.75. The van der Waals surface area contributed by atoms with Crippen LogP contribution in [0.3, 0.4) is 0 Å². The molecule has 2 aromatic rings. The molecule has 0 unspecified atom stereocenters.